The van der Waals surface area contributed by atoms with E-state index in [-0.39, 0.29) is 17.8 Å². The maximum Gasteiger partial charge on any atom is 0.323 e. The number of carbonyl (C=O) groups excluding carboxylic acids is 1. The van der Waals surface area contributed by atoms with E-state index in [0.717, 1.165) is 54.9 Å². The summed E-state index contributed by atoms with van der Waals surface area (Å²) in [6.07, 6.45) is 5.61. The Balaban J connectivity index is 1.37. The number of hydrogen-bond donors (Lipinski definition) is 2. The highest BCUT2D eigenvalue weighted by atomic mass is 19.1. The largest absolute Gasteiger partial charge is 0.395 e. The summed E-state index contributed by atoms with van der Waals surface area (Å²) in [6, 6.07) is 7.88. The van der Waals surface area contributed by atoms with Crippen LogP contribution >= 0.6 is 0 Å². The lowest BCUT2D eigenvalue weighted by atomic mass is 9.86. The second kappa shape index (κ2) is 11.2. The molecule has 0 aliphatic carbocycles. The summed E-state index contributed by atoms with van der Waals surface area (Å²) < 4.78 is 15.6. The summed E-state index contributed by atoms with van der Waals surface area (Å²) in [4.78, 5) is 22.1. The first-order chi connectivity index (χ1) is 18.7. The van der Waals surface area contributed by atoms with Gasteiger partial charge in [-0.15, -0.1) is 6.58 Å². The Hall–Kier alpha value is -3.72. The highest BCUT2D eigenvalue weighted by molar-refractivity contribution is 5.92. The summed E-state index contributed by atoms with van der Waals surface area (Å²) >= 11 is 0. The first-order valence-corrected chi connectivity index (χ1v) is 13.7. The first kappa shape index (κ1) is 26.9. The third-order valence-corrected chi connectivity index (χ3v) is 7.60. The topological polar surface area (TPSA) is 92.3 Å². The quantitative estimate of drug-likeness (QED) is 0.357. The van der Waals surface area contributed by atoms with Crippen LogP contribution in [-0.4, -0.2) is 50.7 Å². The molecule has 8 nitrogen and oxygen atoms in total. The van der Waals surface area contributed by atoms with Crippen LogP contribution in [0.15, 0.2) is 49.2 Å². The van der Waals surface area contributed by atoms with E-state index in [1.807, 2.05) is 16.8 Å². The number of nitrogens with two attached hydrogens (primary N) is 1. The predicted molar refractivity (Wildman–Crippen MR) is 153 cm³/mol. The molecule has 2 aliphatic heterocycles. The van der Waals surface area contributed by atoms with Gasteiger partial charge in [-0.05, 0) is 67.6 Å². The molecule has 1 unspecified atom stereocenters. The van der Waals surface area contributed by atoms with E-state index in [9.17, 15) is 9.18 Å². The van der Waals surface area contributed by atoms with Crippen LogP contribution in [0.4, 0.5) is 20.7 Å². The van der Waals surface area contributed by atoms with Gasteiger partial charge >= 0.3 is 6.03 Å². The number of benzene rings is 1. The van der Waals surface area contributed by atoms with E-state index in [1.54, 1.807) is 17.0 Å². The summed E-state index contributed by atoms with van der Waals surface area (Å²) in [5.74, 6) is 1.19. The van der Waals surface area contributed by atoms with Crippen LogP contribution in [0.25, 0.3) is 11.3 Å². The number of likely N-dealkylation sites (tertiary alicyclic amines) is 1. The lowest BCUT2D eigenvalue weighted by Crippen LogP contribution is -2.45. The Morgan fingerprint density at radius 1 is 1.26 bits per heavy atom. The molecule has 2 amide bonds. The molecule has 1 atom stereocenters. The maximum absolute atomic E-state index is 13.6. The molecule has 0 radical (unpaired) electrons. The Labute approximate surface area is 229 Å². The van der Waals surface area contributed by atoms with Crippen LogP contribution in [0, 0.1) is 17.7 Å². The standard InChI is InChI=1S/C30H38FN7O/c1-5-6-22(11-19(2)3)25-12-26(21-7-9-24(31)10-8-21)33-29(28(25)32)34-30(39)37-16-23-17-38(35-27(23)18-37)15-20-13-36(4)14-20/h5,7-10,12,17,19-20,22H,1,6,11,13-16,18,32H2,2-4H3,(H,33,34,39). The lowest BCUT2D eigenvalue weighted by molar-refractivity contribution is 0.115. The van der Waals surface area contributed by atoms with Gasteiger partial charge in [-0.1, -0.05) is 19.9 Å². The van der Waals surface area contributed by atoms with Crippen molar-refractivity contribution in [1.29, 1.82) is 0 Å². The Kier molecular flexibility index (Phi) is 7.70. The molecule has 4 heterocycles. The van der Waals surface area contributed by atoms with E-state index in [2.05, 4.69) is 43.9 Å². The van der Waals surface area contributed by atoms with E-state index in [4.69, 9.17) is 15.8 Å². The number of amides is 2. The van der Waals surface area contributed by atoms with Crippen LogP contribution in [0.1, 0.15) is 49.4 Å². The SMILES string of the molecule is C=CCC(CC(C)C)c1cc(-c2ccc(F)cc2)nc(NC(=O)N2Cc3cn(CC4CN(C)C4)nc3C2)c1N. The molecular formula is C30H38FN7O. The molecule has 3 N–H and O–H groups in total. The zero-order chi connectivity index (χ0) is 27.7. The van der Waals surface area contributed by atoms with Crippen LogP contribution in [0.5, 0.6) is 0 Å². The van der Waals surface area contributed by atoms with E-state index in [1.165, 1.54) is 12.1 Å². The van der Waals surface area contributed by atoms with Crippen molar-refractivity contribution in [3.8, 4) is 11.3 Å². The number of nitrogens with one attached hydrogen (secondary N) is 1. The lowest BCUT2D eigenvalue weighted by Gasteiger charge is -2.36. The normalized spacial score (nSPS) is 16.3. The number of halogens is 1. The van der Waals surface area contributed by atoms with Crippen molar-refractivity contribution in [1.82, 2.24) is 24.6 Å². The van der Waals surface area contributed by atoms with Crippen molar-refractivity contribution in [2.24, 2.45) is 11.8 Å². The number of allylic oxidation sites excluding steroid dienone is 1. The van der Waals surface area contributed by atoms with Crippen LogP contribution in [-0.2, 0) is 19.6 Å². The predicted octanol–water partition coefficient (Wildman–Crippen LogP) is 5.48. The van der Waals surface area contributed by atoms with Gasteiger partial charge in [-0.25, -0.2) is 14.2 Å². The number of rotatable bonds is 9. The zero-order valence-electron chi connectivity index (χ0n) is 23.0. The Bertz CT molecular complexity index is 1320. The van der Waals surface area contributed by atoms with Gasteiger partial charge in [0.1, 0.15) is 5.82 Å². The van der Waals surface area contributed by atoms with Crippen molar-refractivity contribution in [2.45, 2.75) is 52.2 Å². The average molecular weight is 532 g/mol. The average Bonchev–Trinajstić information content (AvgIpc) is 3.43. The minimum absolute atomic E-state index is 0.118. The van der Waals surface area contributed by atoms with Crippen molar-refractivity contribution in [3.05, 3.63) is 71.8 Å². The molecule has 0 saturated carbocycles. The Morgan fingerprint density at radius 3 is 2.64 bits per heavy atom. The van der Waals surface area contributed by atoms with Gasteiger partial charge in [0.15, 0.2) is 5.82 Å². The monoisotopic (exact) mass is 531 g/mol. The highest BCUT2D eigenvalue weighted by Crippen LogP contribution is 2.37. The minimum Gasteiger partial charge on any atom is -0.395 e. The zero-order valence-corrected chi connectivity index (χ0v) is 23.0. The van der Waals surface area contributed by atoms with Crippen molar-refractivity contribution in [3.63, 3.8) is 0 Å². The summed E-state index contributed by atoms with van der Waals surface area (Å²) in [6.45, 7) is 12.3. The minimum atomic E-state index is -0.317. The molecule has 2 aromatic heterocycles. The summed E-state index contributed by atoms with van der Waals surface area (Å²) in [5.41, 5.74) is 11.4. The molecular weight excluding hydrogens is 493 g/mol. The van der Waals surface area contributed by atoms with Crippen LogP contribution in [0.3, 0.4) is 0 Å². The molecule has 39 heavy (non-hydrogen) atoms. The third-order valence-electron chi connectivity index (χ3n) is 7.60. The van der Waals surface area contributed by atoms with Gasteiger partial charge in [-0.3, -0.25) is 10.00 Å². The van der Waals surface area contributed by atoms with Crippen molar-refractivity contribution >= 4 is 17.5 Å². The summed E-state index contributed by atoms with van der Waals surface area (Å²) in [5, 5.41) is 7.71. The molecule has 1 aromatic carbocycles. The van der Waals surface area contributed by atoms with Gasteiger partial charge in [0, 0.05) is 42.9 Å². The van der Waals surface area contributed by atoms with E-state index < -0.39 is 0 Å². The second-order valence-corrected chi connectivity index (χ2v) is 11.4. The number of anilines is 2. The molecule has 2 aliphatic rings. The fourth-order valence-corrected chi connectivity index (χ4v) is 5.73. The highest BCUT2D eigenvalue weighted by Gasteiger charge is 2.30. The van der Waals surface area contributed by atoms with E-state index in [0.29, 0.717) is 42.1 Å². The molecule has 0 bridgehead atoms. The number of aromatic nitrogens is 3. The van der Waals surface area contributed by atoms with Gasteiger partial charge in [0.25, 0.3) is 0 Å². The molecule has 1 saturated heterocycles. The molecule has 3 aromatic rings. The van der Waals surface area contributed by atoms with Gasteiger partial charge < -0.3 is 15.5 Å². The first-order valence-electron chi connectivity index (χ1n) is 13.7. The molecule has 5 rings (SSSR count). The number of carbonyl (C=O) groups is 1. The molecule has 1 fully saturated rings. The van der Waals surface area contributed by atoms with Crippen LogP contribution < -0.4 is 11.1 Å². The molecule has 206 valence electrons. The fraction of sp³-hybridized carbons (Fsp3) is 0.433. The molecule has 0 spiro atoms. The van der Waals surface area contributed by atoms with Gasteiger partial charge in [0.2, 0.25) is 0 Å². The number of nitrogen functional groups attached to an aromatic ring is 1. The fourth-order valence-electron chi connectivity index (χ4n) is 5.73. The third kappa shape index (κ3) is 5.98. The number of fused-ring (bicyclic) bond motifs is 1. The van der Waals surface area contributed by atoms with Gasteiger partial charge in [-0.2, -0.15) is 5.10 Å². The number of urea groups is 1. The maximum atomic E-state index is 13.6. The number of pyridine rings is 1. The number of nitrogens with zero attached hydrogens (tertiary/aromatic N) is 5. The van der Waals surface area contributed by atoms with Crippen molar-refractivity contribution in [2.75, 3.05) is 31.2 Å². The molecule has 9 heteroatoms. The van der Waals surface area contributed by atoms with E-state index >= 15 is 0 Å². The van der Waals surface area contributed by atoms with Crippen molar-refractivity contribution < 1.29 is 9.18 Å². The number of hydrogen-bond acceptors (Lipinski definition) is 5. The summed E-state index contributed by atoms with van der Waals surface area (Å²) in [7, 11) is 2.12. The second-order valence-electron chi connectivity index (χ2n) is 11.4. The Morgan fingerprint density at radius 2 is 2.00 bits per heavy atom. The van der Waals surface area contributed by atoms with Gasteiger partial charge in [0.05, 0.1) is 30.2 Å². The smallest absolute Gasteiger partial charge is 0.323 e. The van der Waals surface area contributed by atoms with Crippen LogP contribution in [0.2, 0.25) is 0 Å².